The Morgan fingerprint density at radius 3 is 1.59 bits per heavy atom. The summed E-state index contributed by atoms with van der Waals surface area (Å²) in [7, 11) is 4.24. The highest BCUT2D eigenvalue weighted by Gasteiger charge is 2.30. The Morgan fingerprint density at radius 2 is 1.20 bits per heavy atom. The van der Waals surface area contributed by atoms with Crippen molar-refractivity contribution in [3.05, 3.63) is 84.5 Å². The van der Waals surface area contributed by atoms with Gasteiger partial charge in [0.15, 0.2) is 17.2 Å². The number of aromatic nitrogens is 3. The monoisotopic (exact) mass is 727 g/mol. The second kappa shape index (κ2) is 18.4. The van der Waals surface area contributed by atoms with Crippen molar-refractivity contribution < 1.29 is 29.7 Å². The van der Waals surface area contributed by atoms with Crippen molar-refractivity contribution in [2.24, 2.45) is 31.9 Å². The molecule has 0 bridgehead atoms. The number of amides is 3. The maximum absolute atomic E-state index is 13.4. The molecule has 3 amide bonds. The molecule has 19 heteroatoms. The van der Waals surface area contributed by atoms with Gasteiger partial charge in [0.2, 0.25) is 0 Å². The van der Waals surface area contributed by atoms with Gasteiger partial charge in [-0.05, 0) is 49.8 Å². The molecule has 2 unspecified atom stereocenters. The number of carbonyl (C=O) groups excluding carboxylic acids is 3. The molecule has 0 aliphatic heterocycles. The first-order valence-corrected chi connectivity index (χ1v) is 16.2. The number of aryl methyl sites for hydroxylation is 3. The number of carbonyl (C=O) groups is 3. The molecule has 2 atom stereocenters. The maximum atomic E-state index is 13.4. The largest absolute Gasteiger partial charge is 0.502 e. The molecule has 274 valence electrons. The smallest absolute Gasteiger partial charge is 0.293 e. The summed E-state index contributed by atoms with van der Waals surface area (Å²) in [5.41, 5.74) is 2.62. The third-order valence-corrected chi connectivity index (χ3v) is 8.14. The number of aliphatic imine (C=N–C) groups is 1. The zero-order valence-electron chi connectivity index (χ0n) is 28.3. The zero-order valence-corrected chi connectivity index (χ0v) is 29.1. The van der Waals surface area contributed by atoms with Crippen molar-refractivity contribution in [2.75, 3.05) is 32.7 Å². The van der Waals surface area contributed by atoms with E-state index < -0.39 is 63.9 Å². The molecule has 3 aromatic heterocycles. The number of nitrogens with zero attached hydrogens (tertiary/aromatic N) is 5. The van der Waals surface area contributed by atoms with Crippen molar-refractivity contribution in [3.63, 3.8) is 0 Å². The molecule has 18 nitrogen and oxygen atoms in total. The van der Waals surface area contributed by atoms with E-state index in [4.69, 9.17) is 18.0 Å². The van der Waals surface area contributed by atoms with E-state index >= 15 is 0 Å². The van der Waals surface area contributed by atoms with E-state index in [1.807, 2.05) is 0 Å². The first-order valence-electron chi connectivity index (χ1n) is 15.8. The van der Waals surface area contributed by atoms with Crippen LogP contribution in [0.1, 0.15) is 50.3 Å². The van der Waals surface area contributed by atoms with Gasteiger partial charge in [-0.3, -0.25) is 33.7 Å². The highest BCUT2D eigenvalue weighted by Crippen LogP contribution is 2.17. The van der Waals surface area contributed by atoms with Crippen molar-refractivity contribution >= 4 is 35.1 Å². The number of pyridine rings is 3. The molecule has 0 aliphatic rings. The predicted molar refractivity (Wildman–Crippen MR) is 189 cm³/mol. The van der Waals surface area contributed by atoms with E-state index in [9.17, 15) is 44.1 Å². The molecule has 0 saturated carbocycles. The van der Waals surface area contributed by atoms with Crippen LogP contribution in [0.4, 0.5) is 0 Å². The predicted octanol–water partition coefficient (Wildman–Crippen LogP) is -1.28. The summed E-state index contributed by atoms with van der Waals surface area (Å²) in [5.74, 6) is -4.50. The Morgan fingerprint density at radius 1 is 0.784 bits per heavy atom. The summed E-state index contributed by atoms with van der Waals surface area (Å²) in [6.45, 7) is 0.203. The number of unbranched alkanes of at least 4 members (excludes halogenated alkanes) is 1. The molecule has 0 radical (unpaired) electrons. The molecular formula is C32H41N9O9S. The highest BCUT2D eigenvalue weighted by molar-refractivity contribution is 7.78. The van der Waals surface area contributed by atoms with Crippen molar-refractivity contribution in [1.82, 2.24) is 34.6 Å². The van der Waals surface area contributed by atoms with E-state index in [0.717, 1.165) is 13.7 Å². The number of thiocarbonyl (C=S) groups is 1. The molecule has 3 aromatic rings. The molecule has 8 N–H and O–H groups in total. The Kier molecular flexibility index (Phi) is 14.4. The van der Waals surface area contributed by atoms with Crippen LogP contribution < -0.4 is 38.4 Å². The molecular weight excluding hydrogens is 686 g/mol. The molecule has 0 fully saturated rings. The molecule has 3 heterocycles. The van der Waals surface area contributed by atoms with E-state index in [2.05, 4.69) is 26.1 Å². The quantitative estimate of drug-likeness (QED) is 0.0488. The van der Waals surface area contributed by atoms with E-state index in [1.165, 1.54) is 57.9 Å². The van der Waals surface area contributed by atoms with E-state index in [-0.39, 0.29) is 49.3 Å². The van der Waals surface area contributed by atoms with Gasteiger partial charge in [-0.1, -0.05) is 6.42 Å². The first-order chi connectivity index (χ1) is 24.2. The maximum Gasteiger partial charge on any atom is 0.293 e. The number of hydrogen-bond acceptors (Lipinski definition) is 13. The van der Waals surface area contributed by atoms with Crippen LogP contribution >= 0.6 is 12.2 Å². The average Bonchev–Trinajstić information content (AvgIpc) is 3.10. The van der Waals surface area contributed by atoms with Crippen molar-refractivity contribution in [2.45, 2.75) is 31.5 Å². The number of nitrogens with one attached hydrogen (secondary N) is 3. The lowest BCUT2D eigenvalue weighted by Crippen LogP contribution is -2.54. The van der Waals surface area contributed by atoms with Crippen molar-refractivity contribution in [3.8, 4) is 17.2 Å². The number of nitrogens with two attached hydrogens (primary N) is 1. The van der Waals surface area contributed by atoms with Gasteiger partial charge in [0.1, 0.15) is 6.17 Å². The third kappa shape index (κ3) is 9.98. The van der Waals surface area contributed by atoms with Gasteiger partial charge < -0.3 is 50.7 Å². The van der Waals surface area contributed by atoms with Crippen LogP contribution in [0.3, 0.4) is 0 Å². The fourth-order valence-corrected chi connectivity index (χ4v) is 5.23. The molecule has 0 saturated heterocycles. The van der Waals surface area contributed by atoms with Gasteiger partial charge in [0.25, 0.3) is 34.4 Å². The molecule has 51 heavy (non-hydrogen) atoms. The topological polar surface area (TPSA) is 256 Å². The van der Waals surface area contributed by atoms with Crippen LogP contribution in [0.2, 0.25) is 0 Å². The summed E-state index contributed by atoms with van der Waals surface area (Å²) >= 11 is 4.95. The average molecular weight is 728 g/mol. The molecule has 0 spiro atoms. The van der Waals surface area contributed by atoms with Gasteiger partial charge in [-0.2, -0.15) is 0 Å². The van der Waals surface area contributed by atoms with Crippen LogP contribution in [0.5, 0.6) is 17.2 Å². The van der Waals surface area contributed by atoms with Crippen LogP contribution in [0, 0.1) is 0 Å². The zero-order chi connectivity index (χ0) is 37.8. The summed E-state index contributed by atoms with van der Waals surface area (Å²) < 4.78 is 3.32. The normalized spacial score (nSPS) is 12.1. The Hall–Kier alpha value is -5.62. The number of isothiocyanates is 1. The van der Waals surface area contributed by atoms with Gasteiger partial charge in [-0.15, -0.1) is 0 Å². The summed E-state index contributed by atoms with van der Waals surface area (Å²) in [6, 6.07) is 3.00. The number of rotatable bonds is 17. The minimum absolute atomic E-state index is 0.00984. The number of aromatic hydroxyl groups is 3. The van der Waals surface area contributed by atoms with Gasteiger partial charge in [-0.25, -0.2) is 4.99 Å². The molecule has 3 rings (SSSR count). The second-order valence-corrected chi connectivity index (χ2v) is 11.7. The van der Waals surface area contributed by atoms with Crippen LogP contribution in [-0.2, 0) is 21.1 Å². The number of hydrogen-bond donors (Lipinski definition) is 7. The van der Waals surface area contributed by atoms with Crippen LogP contribution in [0.15, 0.2) is 56.2 Å². The SMILES string of the molecule is Cn1ccc(C(=O)NCCN(CCNC(=O)c2ccn(C)c(=O)c2O)C(N=C=S)C(CCCCN)NC(=O)c2ccn(C)c(=O)c2O)c(O)c1=O. The first kappa shape index (κ1) is 39.8. The van der Waals surface area contributed by atoms with E-state index in [1.54, 1.807) is 4.90 Å². The Bertz CT molecular complexity index is 1900. The van der Waals surface area contributed by atoms with Gasteiger partial charge in [0.05, 0.1) is 27.9 Å². The fourth-order valence-electron chi connectivity index (χ4n) is 5.12. The van der Waals surface area contributed by atoms with Gasteiger partial charge in [0, 0.05) is 65.9 Å². The van der Waals surface area contributed by atoms with Crippen molar-refractivity contribution in [1.29, 1.82) is 0 Å². The van der Waals surface area contributed by atoms with E-state index in [0.29, 0.717) is 19.4 Å². The van der Waals surface area contributed by atoms with Crippen LogP contribution in [0.25, 0.3) is 0 Å². The minimum atomic E-state index is -0.985. The minimum Gasteiger partial charge on any atom is -0.502 e. The standard InChI is InChI=1S/C32H41N9O9S/c1-38-13-7-19(23(42)30(38)48)27(45)34-11-16-41(17-12-35-28(46)20-8-14-39(2)31(49)24(20)43)26(36-18-51)22(6-4-5-10-33)37-29(47)21-9-15-40(3)32(50)25(21)44/h7-9,13-15,22,26,42-44H,4-6,10-12,16-17,33H2,1-3H3,(H,34,45)(H,35,46)(H,37,47). The highest BCUT2D eigenvalue weighted by atomic mass is 32.1. The molecule has 0 aliphatic carbocycles. The Balaban J connectivity index is 1.92. The second-order valence-electron chi connectivity index (χ2n) is 11.5. The van der Waals surface area contributed by atoms with Gasteiger partial charge >= 0.3 is 0 Å². The fraction of sp³-hybridized carbons (Fsp3) is 0.406. The lowest BCUT2D eigenvalue weighted by molar-refractivity contribution is 0.0870. The summed E-state index contributed by atoms with van der Waals surface area (Å²) in [4.78, 5) is 81.9. The lowest BCUT2D eigenvalue weighted by Gasteiger charge is -2.34. The Labute approximate surface area is 296 Å². The summed E-state index contributed by atoms with van der Waals surface area (Å²) in [5, 5.41) is 41.3. The molecule has 0 aromatic carbocycles. The third-order valence-electron chi connectivity index (χ3n) is 8.04. The summed E-state index contributed by atoms with van der Waals surface area (Å²) in [6.07, 6.45) is 4.36. The lowest BCUT2D eigenvalue weighted by atomic mass is 10.0. The van der Waals surface area contributed by atoms with Crippen LogP contribution in [-0.4, -0.2) is 102 Å².